The number of carbonyl (C=O) groups is 1. The van der Waals surface area contributed by atoms with Crippen molar-refractivity contribution >= 4 is 27.6 Å². The average Bonchev–Trinajstić information content (AvgIpc) is 2.83. The minimum Gasteiger partial charge on any atom is -0.493 e. The second kappa shape index (κ2) is 11.4. The number of alkyl halides is 3. The number of methoxy groups -OCH3 is 1. The molecule has 0 saturated heterocycles. The molecule has 37 heavy (non-hydrogen) atoms. The molecule has 1 amide bonds. The van der Waals surface area contributed by atoms with E-state index < -0.39 is 26.8 Å². The molecule has 6 nitrogen and oxygen atoms in total. The molecule has 0 aliphatic rings. The van der Waals surface area contributed by atoms with E-state index in [4.69, 9.17) is 20.5 Å². The molecule has 0 fully saturated rings. The average molecular weight is 556 g/mol. The van der Waals surface area contributed by atoms with Crippen molar-refractivity contribution in [2.45, 2.75) is 31.5 Å². The molecule has 0 heterocycles. The summed E-state index contributed by atoms with van der Waals surface area (Å²) in [6.07, 6.45) is -4.72. The number of benzene rings is 3. The third-order valence-corrected chi connectivity index (χ3v) is 6.70. The first-order valence-corrected chi connectivity index (χ1v) is 12.9. The molecule has 0 bridgehead atoms. The molecule has 0 saturated carbocycles. The Kier molecular flexibility index (Phi) is 8.76. The maximum atomic E-state index is 13.2. The Morgan fingerprint density at radius 2 is 1.68 bits per heavy atom. The van der Waals surface area contributed by atoms with E-state index >= 15 is 0 Å². The van der Waals surface area contributed by atoms with Crippen LogP contribution < -0.4 is 8.92 Å². The molecule has 0 spiro atoms. The van der Waals surface area contributed by atoms with Gasteiger partial charge in [0, 0.05) is 23.7 Å². The largest absolute Gasteiger partial charge is 0.493 e. The summed E-state index contributed by atoms with van der Waals surface area (Å²) < 4.78 is 75.3. The van der Waals surface area contributed by atoms with Crippen LogP contribution in [-0.2, 0) is 22.8 Å². The first kappa shape index (κ1) is 28.3. The number of hydrogen-bond acceptors (Lipinski definition) is 5. The zero-order valence-electron chi connectivity index (χ0n) is 20.3. The highest BCUT2D eigenvalue weighted by molar-refractivity contribution is 7.87. The Balaban J connectivity index is 1.92. The fraction of sp³-hybridized carbons (Fsp3) is 0.269. The molecular formula is C26H25ClF3NO5S. The van der Waals surface area contributed by atoms with Crippen molar-refractivity contribution in [1.29, 1.82) is 0 Å². The van der Waals surface area contributed by atoms with Gasteiger partial charge in [-0.1, -0.05) is 37.6 Å². The summed E-state index contributed by atoms with van der Waals surface area (Å²) in [5.74, 6) is -0.286. The minimum absolute atomic E-state index is 0.0544. The topological polar surface area (TPSA) is 72.9 Å². The summed E-state index contributed by atoms with van der Waals surface area (Å²) in [5.41, 5.74) is -0.164. The Morgan fingerprint density at radius 3 is 2.27 bits per heavy atom. The van der Waals surface area contributed by atoms with Gasteiger partial charge >= 0.3 is 16.3 Å². The number of nitrogens with zero attached hydrogens (tertiary/aromatic N) is 1. The Hall–Kier alpha value is -3.24. The summed E-state index contributed by atoms with van der Waals surface area (Å²) in [6.45, 7) is 4.43. The van der Waals surface area contributed by atoms with Crippen LogP contribution in [0.25, 0.3) is 0 Å². The van der Waals surface area contributed by atoms with Gasteiger partial charge in [-0.25, -0.2) is 0 Å². The summed E-state index contributed by atoms with van der Waals surface area (Å²) in [6, 6.07) is 14.2. The number of halogens is 4. The summed E-state index contributed by atoms with van der Waals surface area (Å²) >= 11 is 5.93. The van der Waals surface area contributed by atoms with Crippen LogP contribution in [0.1, 0.15) is 35.3 Å². The van der Waals surface area contributed by atoms with Crippen molar-refractivity contribution in [2.75, 3.05) is 13.7 Å². The zero-order valence-corrected chi connectivity index (χ0v) is 21.8. The standard InChI is InChI=1S/C26H25ClF3NO5S/c1-17(2)15-31(25(32)19-8-10-21(27)11-9-19)16-18-7-12-23(35-3)24(13-18)36-37(33,34)22-6-4-5-20(14-22)26(28,29)30/h4-14,17H,15-16H2,1-3H3. The monoisotopic (exact) mass is 555 g/mol. The smallest absolute Gasteiger partial charge is 0.416 e. The van der Waals surface area contributed by atoms with E-state index in [-0.39, 0.29) is 29.9 Å². The highest BCUT2D eigenvalue weighted by Crippen LogP contribution is 2.34. The SMILES string of the molecule is COc1ccc(CN(CC(C)C)C(=O)c2ccc(Cl)cc2)cc1OS(=O)(=O)c1cccc(C(F)(F)F)c1. The summed E-state index contributed by atoms with van der Waals surface area (Å²) in [4.78, 5) is 14.1. The van der Waals surface area contributed by atoms with E-state index in [0.717, 1.165) is 18.2 Å². The second-order valence-electron chi connectivity index (χ2n) is 8.63. The Labute approximate surface area is 218 Å². The molecule has 3 aromatic rings. The normalized spacial score (nSPS) is 11.9. The summed E-state index contributed by atoms with van der Waals surface area (Å²) in [7, 11) is -3.33. The van der Waals surface area contributed by atoms with Crippen LogP contribution in [-0.4, -0.2) is 32.9 Å². The fourth-order valence-electron chi connectivity index (χ4n) is 3.53. The quantitative estimate of drug-likeness (QED) is 0.284. The van der Waals surface area contributed by atoms with Crippen LogP contribution in [0.4, 0.5) is 13.2 Å². The third-order valence-electron chi connectivity index (χ3n) is 5.21. The number of rotatable bonds is 9. The van der Waals surface area contributed by atoms with E-state index in [0.29, 0.717) is 28.8 Å². The molecule has 3 aromatic carbocycles. The van der Waals surface area contributed by atoms with Crippen molar-refractivity contribution in [2.24, 2.45) is 5.92 Å². The van der Waals surface area contributed by atoms with Crippen molar-refractivity contribution in [1.82, 2.24) is 4.90 Å². The van der Waals surface area contributed by atoms with Crippen molar-refractivity contribution in [3.8, 4) is 11.5 Å². The van der Waals surface area contributed by atoms with Crippen molar-refractivity contribution in [3.63, 3.8) is 0 Å². The zero-order chi connectivity index (χ0) is 27.4. The molecule has 0 radical (unpaired) electrons. The van der Waals surface area contributed by atoms with Crippen LogP contribution in [0.3, 0.4) is 0 Å². The lowest BCUT2D eigenvalue weighted by atomic mass is 10.1. The van der Waals surface area contributed by atoms with Crippen molar-refractivity contribution in [3.05, 3.63) is 88.4 Å². The minimum atomic E-state index is -4.72. The Bertz CT molecular complexity index is 1360. The van der Waals surface area contributed by atoms with Gasteiger partial charge in [-0.2, -0.15) is 21.6 Å². The predicted molar refractivity (Wildman–Crippen MR) is 133 cm³/mol. The van der Waals surface area contributed by atoms with Crippen LogP contribution in [0.5, 0.6) is 11.5 Å². The van der Waals surface area contributed by atoms with Gasteiger partial charge in [-0.15, -0.1) is 0 Å². The first-order valence-electron chi connectivity index (χ1n) is 11.1. The third kappa shape index (κ3) is 7.39. The Morgan fingerprint density at radius 1 is 1.00 bits per heavy atom. The van der Waals surface area contributed by atoms with Crippen LogP contribution in [0, 0.1) is 5.92 Å². The predicted octanol–water partition coefficient (Wildman–Crippen LogP) is 6.43. The molecular weight excluding hydrogens is 531 g/mol. The van der Waals surface area contributed by atoms with Gasteiger partial charge in [0.25, 0.3) is 5.91 Å². The molecule has 0 unspecified atom stereocenters. The maximum absolute atomic E-state index is 13.2. The summed E-state index contributed by atoms with van der Waals surface area (Å²) in [5, 5.41) is 0.492. The number of amides is 1. The van der Waals surface area contributed by atoms with Crippen molar-refractivity contribution < 1.29 is 35.3 Å². The van der Waals surface area contributed by atoms with E-state index in [1.54, 1.807) is 35.2 Å². The van der Waals surface area contributed by atoms with Gasteiger partial charge < -0.3 is 13.8 Å². The van der Waals surface area contributed by atoms with Crippen LogP contribution >= 0.6 is 11.6 Å². The van der Waals surface area contributed by atoms with Gasteiger partial charge in [0.05, 0.1) is 12.7 Å². The number of carbonyl (C=O) groups excluding carboxylic acids is 1. The number of hydrogen-bond donors (Lipinski definition) is 0. The van der Waals surface area contributed by atoms with E-state index in [1.807, 2.05) is 13.8 Å². The van der Waals surface area contributed by atoms with Gasteiger partial charge in [0.15, 0.2) is 11.5 Å². The molecule has 0 aromatic heterocycles. The highest BCUT2D eigenvalue weighted by Gasteiger charge is 2.32. The molecule has 0 aliphatic heterocycles. The molecule has 11 heteroatoms. The lowest BCUT2D eigenvalue weighted by Crippen LogP contribution is -2.33. The molecule has 0 atom stereocenters. The molecule has 0 aliphatic carbocycles. The van der Waals surface area contributed by atoms with E-state index in [2.05, 4.69) is 0 Å². The van der Waals surface area contributed by atoms with E-state index in [1.165, 1.54) is 19.2 Å². The molecule has 0 N–H and O–H groups in total. The van der Waals surface area contributed by atoms with Gasteiger partial charge in [-0.05, 0) is 66.1 Å². The van der Waals surface area contributed by atoms with Crippen LogP contribution in [0.2, 0.25) is 5.02 Å². The molecule has 198 valence electrons. The van der Waals surface area contributed by atoms with Gasteiger partial charge in [-0.3, -0.25) is 4.79 Å². The van der Waals surface area contributed by atoms with Gasteiger partial charge in [0.1, 0.15) is 4.90 Å². The number of ether oxygens (including phenoxy) is 1. The highest BCUT2D eigenvalue weighted by atomic mass is 35.5. The lowest BCUT2D eigenvalue weighted by molar-refractivity contribution is -0.137. The van der Waals surface area contributed by atoms with E-state index in [9.17, 15) is 26.4 Å². The first-order chi connectivity index (χ1) is 17.3. The molecule has 3 rings (SSSR count). The fourth-order valence-corrected chi connectivity index (χ4v) is 4.64. The second-order valence-corrected chi connectivity index (χ2v) is 10.6. The lowest BCUT2D eigenvalue weighted by Gasteiger charge is -2.25. The van der Waals surface area contributed by atoms with Crippen LogP contribution in [0.15, 0.2) is 71.6 Å². The van der Waals surface area contributed by atoms with Gasteiger partial charge in [0.2, 0.25) is 0 Å². The maximum Gasteiger partial charge on any atom is 0.416 e.